The molecular formula is C7H6ClF3N2O3. The second-order valence-electron chi connectivity index (χ2n) is 2.80. The first-order chi connectivity index (χ1) is 7.29. The summed E-state index contributed by atoms with van der Waals surface area (Å²) >= 11 is 5.37. The van der Waals surface area contributed by atoms with Gasteiger partial charge in [0.1, 0.15) is 18.4 Å². The predicted octanol–water partition coefficient (Wildman–Crippen LogP) is 0.726. The van der Waals surface area contributed by atoms with Crippen LogP contribution in [0.3, 0.4) is 0 Å². The third kappa shape index (κ3) is 3.70. The lowest BCUT2D eigenvalue weighted by molar-refractivity contribution is -0.182. The Kier molecular flexibility index (Phi) is 3.76. The Morgan fingerprint density at radius 2 is 2.06 bits per heavy atom. The molecule has 0 bridgehead atoms. The topological polar surface area (TPSA) is 64.1 Å². The van der Waals surface area contributed by atoms with Crippen LogP contribution in [0.15, 0.2) is 15.8 Å². The highest BCUT2D eigenvalue weighted by Gasteiger charge is 2.27. The van der Waals surface area contributed by atoms with Crippen molar-refractivity contribution in [2.24, 2.45) is 0 Å². The Morgan fingerprint density at radius 1 is 1.44 bits per heavy atom. The standard InChI is InChI=1S/C7H6ClF3N2O3/c8-4-1-13(6(15)12-5(4)14)3-16-2-7(9,10)11/h1H,2-3H2,(H,12,14,15). The molecule has 0 aromatic carbocycles. The molecule has 1 rings (SSSR count). The third-order valence-electron chi connectivity index (χ3n) is 1.46. The van der Waals surface area contributed by atoms with E-state index in [1.807, 2.05) is 4.98 Å². The van der Waals surface area contributed by atoms with E-state index < -0.39 is 30.8 Å². The molecule has 1 aromatic heterocycles. The van der Waals surface area contributed by atoms with Gasteiger partial charge in [-0.15, -0.1) is 0 Å². The Bertz CT molecular complexity index is 479. The summed E-state index contributed by atoms with van der Waals surface area (Å²) in [6.07, 6.45) is -3.57. The van der Waals surface area contributed by atoms with Crippen LogP contribution in [0.2, 0.25) is 5.02 Å². The van der Waals surface area contributed by atoms with Gasteiger partial charge in [0.15, 0.2) is 0 Å². The number of alkyl halides is 3. The van der Waals surface area contributed by atoms with Crippen molar-refractivity contribution in [3.8, 4) is 0 Å². The Labute approximate surface area is 91.4 Å². The predicted molar refractivity (Wildman–Crippen MR) is 48.3 cm³/mol. The van der Waals surface area contributed by atoms with Gasteiger partial charge in [0.05, 0.1) is 0 Å². The fourth-order valence-corrected chi connectivity index (χ4v) is 1.00. The highest BCUT2D eigenvalue weighted by Crippen LogP contribution is 2.14. The van der Waals surface area contributed by atoms with Crippen molar-refractivity contribution < 1.29 is 17.9 Å². The monoisotopic (exact) mass is 258 g/mol. The molecule has 16 heavy (non-hydrogen) atoms. The van der Waals surface area contributed by atoms with Crippen molar-refractivity contribution in [3.05, 3.63) is 32.1 Å². The number of rotatable bonds is 3. The molecule has 9 heteroatoms. The van der Waals surface area contributed by atoms with Crippen LogP contribution in [-0.2, 0) is 11.5 Å². The van der Waals surface area contributed by atoms with E-state index in [2.05, 4.69) is 4.74 Å². The summed E-state index contributed by atoms with van der Waals surface area (Å²) in [5.74, 6) is 0. The minimum atomic E-state index is -4.48. The first-order valence-corrected chi connectivity index (χ1v) is 4.31. The largest absolute Gasteiger partial charge is 0.411 e. The molecule has 0 aliphatic heterocycles. The highest BCUT2D eigenvalue weighted by molar-refractivity contribution is 6.30. The van der Waals surface area contributed by atoms with E-state index in [1.165, 1.54) is 0 Å². The maximum Gasteiger partial charge on any atom is 0.411 e. The Morgan fingerprint density at radius 3 is 2.62 bits per heavy atom. The van der Waals surface area contributed by atoms with E-state index >= 15 is 0 Å². The van der Waals surface area contributed by atoms with Crippen molar-refractivity contribution in [1.29, 1.82) is 0 Å². The van der Waals surface area contributed by atoms with E-state index in [9.17, 15) is 22.8 Å². The molecule has 0 aliphatic rings. The molecule has 0 atom stereocenters. The van der Waals surface area contributed by atoms with Crippen LogP contribution in [0.1, 0.15) is 0 Å². The molecule has 0 unspecified atom stereocenters. The van der Waals surface area contributed by atoms with Crippen LogP contribution in [-0.4, -0.2) is 22.3 Å². The lowest BCUT2D eigenvalue weighted by Gasteiger charge is -2.08. The Balaban J connectivity index is 2.72. The van der Waals surface area contributed by atoms with Crippen LogP contribution in [0.5, 0.6) is 0 Å². The van der Waals surface area contributed by atoms with E-state index in [1.54, 1.807) is 0 Å². The van der Waals surface area contributed by atoms with Gasteiger partial charge in [-0.2, -0.15) is 13.2 Å². The van der Waals surface area contributed by atoms with Crippen LogP contribution < -0.4 is 11.2 Å². The molecule has 0 aliphatic carbocycles. The molecule has 1 aromatic rings. The first kappa shape index (κ1) is 12.8. The second-order valence-corrected chi connectivity index (χ2v) is 3.21. The minimum Gasteiger partial charge on any atom is -0.351 e. The number of ether oxygens (including phenoxy) is 1. The zero-order valence-electron chi connectivity index (χ0n) is 7.68. The molecule has 1 heterocycles. The quantitative estimate of drug-likeness (QED) is 0.869. The van der Waals surface area contributed by atoms with Gasteiger partial charge in [0.2, 0.25) is 0 Å². The van der Waals surface area contributed by atoms with Crippen LogP contribution in [0.25, 0.3) is 0 Å². The number of hydrogen-bond donors (Lipinski definition) is 1. The maximum atomic E-state index is 11.7. The van der Waals surface area contributed by atoms with Gasteiger partial charge in [0, 0.05) is 6.20 Å². The summed E-state index contributed by atoms with van der Waals surface area (Å²) in [4.78, 5) is 23.7. The number of nitrogens with one attached hydrogen (secondary N) is 1. The van der Waals surface area contributed by atoms with E-state index in [0.717, 1.165) is 10.8 Å². The third-order valence-corrected chi connectivity index (χ3v) is 1.73. The summed E-state index contributed by atoms with van der Waals surface area (Å²) in [7, 11) is 0. The van der Waals surface area contributed by atoms with Gasteiger partial charge in [-0.05, 0) is 0 Å². The second kappa shape index (κ2) is 4.71. The number of aromatic amines is 1. The molecule has 0 saturated heterocycles. The summed E-state index contributed by atoms with van der Waals surface area (Å²) in [5.41, 5.74) is -1.70. The minimum absolute atomic E-state index is 0.310. The van der Waals surface area contributed by atoms with Gasteiger partial charge in [0.25, 0.3) is 5.56 Å². The molecule has 90 valence electrons. The molecule has 0 amide bonds. The molecule has 5 nitrogen and oxygen atoms in total. The number of hydrogen-bond acceptors (Lipinski definition) is 3. The van der Waals surface area contributed by atoms with Gasteiger partial charge < -0.3 is 4.74 Å². The van der Waals surface area contributed by atoms with E-state index in [-0.39, 0.29) is 5.02 Å². The zero-order valence-corrected chi connectivity index (χ0v) is 8.43. The number of aromatic nitrogens is 2. The number of H-pyrrole nitrogens is 1. The molecule has 1 N–H and O–H groups in total. The van der Waals surface area contributed by atoms with Gasteiger partial charge in [-0.3, -0.25) is 14.3 Å². The van der Waals surface area contributed by atoms with Crippen molar-refractivity contribution in [3.63, 3.8) is 0 Å². The fourth-order valence-electron chi connectivity index (χ4n) is 0.838. The average Bonchev–Trinajstić information content (AvgIpc) is 2.11. The summed E-state index contributed by atoms with van der Waals surface area (Å²) in [6, 6.07) is 0. The normalized spacial score (nSPS) is 11.8. The molecule has 0 spiro atoms. The average molecular weight is 259 g/mol. The van der Waals surface area contributed by atoms with Crippen molar-refractivity contribution >= 4 is 11.6 Å². The molecular weight excluding hydrogens is 253 g/mol. The van der Waals surface area contributed by atoms with Crippen LogP contribution in [0, 0.1) is 0 Å². The number of nitrogens with zero attached hydrogens (tertiary/aromatic N) is 1. The van der Waals surface area contributed by atoms with Crippen molar-refractivity contribution in [2.75, 3.05) is 6.61 Å². The van der Waals surface area contributed by atoms with Crippen molar-refractivity contribution in [1.82, 2.24) is 9.55 Å². The van der Waals surface area contributed by atoms with E-state index in [4.69, 9.17) is 11.6 Å². The smallest absolute Gasteiger partial charge is 0.351 e. The first-order valence-electron chi connectivity index (χ1n) is 3.93. The van der Waals surface area contributed by atoms with Gasteiger partial charge in [-0.25, -0.2) is 4.79 Å². The number of halogens is 4. The maximum absolute atomic E-state index is 11.7. The lowest BCUT2D eigenvalue weighted by Crippen LogP contribution is -2.31. The highest BCUT2D eigenvalue weighted by atomic mass is 35.5. The Hall–Kier alpha value is -1.28. The SMILES string of the molecule is O=c1[nH]c(=O)n(COCC(F)(F)F)cc1Cl. The van der Waals surface area contributed by atoms with Crippen LogP contribution in [0.4, 0.5) is 13.2 Å². The van der Waals surface area contributed by atoms with E-state index in [0.29, 0.717) is 0 Å². The van der Waals surface area contributed by atoms with Crippen LogP contribution >= 0.6 is 11.6 Å². The fraction of sp³-hybridized carbons (Fsp3) is 0.429. The van der Waals surface area contributed by atoms with Gasteiger partial charge in [-0.1, -0.05) is 11.6 Å². The molecule has 0 saturated carbocycles. The zero-order chi connectivity index (χ0) is 12.3. The molecule has 0 fully saturated rings. The lowest BCUT2D eigenvalue weighted by atomic mass is 10.6. The molecule has 0 radical (unpaired) electrons. The summed E-state index contributed by atoms with van der Waals surface area (Å²) in [6.45, 7) is -2.13. The van der Waals surface area contributed by atoms with Gasteiger partial charge >= 0.3 is 11.9 Å². The van der Waals surface area contributed by atoms with Crippen molar-refractivity contribution in [2.45, 2.75) is 12.9 Å². The summed E-state index contributed by atoms with van der Waals surface area (Å²) < 4.78 is 40.1. The summed E-state index contributed by atoms with van der Waals surface area (Å²) in [5, 5.41) is -0.310.